The van der Waals surface area contributed by atoms with E-state index in [2.05, 4.69) is 5.32 Å². The van der Waals surface area contributed by atoms with Gasteiger partial charge < -0.3 is 16.2 Å². The highest BCUT2D eigenvalue weighted by atomic mass is 16.3. The Hall–Kier alpha value is -1.88. The molecule has 0 aliphatic rings. The zero-order valence-corrected chi connectivity index (χ0v) is 11.8. The summed E-state index contributed by atoms with van der Waals surface area (Å²) in [7, 11) is 0. The van der Waals surface area contributed by atoms with E-state index in [0.717, 1.165) is 24.8 Å². The number of hydrogen-bond acceptors (Lipinski definition) is 4. The number of phenolic OH excluding ortho intramolecular Hbond substituents is 1. The van der Waals surface area contributed by atoms with Gasteiger partial charge in [-0.1, -0.05) is 12.5 Å². The molecule has 1 aromatic rings. The van der Waals surface area contributed by atoms with Crippen molar-refractivity contribution in [2.45, 2.75) is 39.2 Å². The summed E-state index contributed by atoms with van der Waals surface area (Å²) in [5.74, 6) is -0.248. The molecular weight excluding hydrogens is 256 g/mol. The number of nitrogens with two attached hydrogens (primary N) is 1. The normalized spacial score (nSPS) is 10.3. The quantitative estimate of drug-likeness (QED) is 0.499. The number of Topliss-reactive ketones (excluding diaryl/α,β-unsaturated/α-hetero) is 1. The molecular formula is C15H22N2O3. The van der Waals surface area contributed by atoms with E-state index in [1.54, 1.807) is 12.1 Å². The SMILES string of the molecule is CC(=O)c1ccc(CNC(=O)CCCCCN)cc1O. The van der Waals surface area contributed by atoms with Crippen molar-refractivity contribution in [3.63, 3.8) is 0 Å². The Labute approximate surface area is 119 Å². The van der Waals surface area contributed by atoms with E-state index in [4.69, 9.17) is 5.73 Å². The number of nitrogens with one attached hydrogen (secondary N) is 1. The Balaban J connectivity index is 2.40. The number of ketones is 1. The van der Waals surface area contributed by atoms with Crippen molar-refractivity contribution >= 4 is 11.7 Å². The van der Waals surface area contributed by atoms with Crippen molar-refractivity contribution in [3.8, 4) is 5.75 Å². The molecule has 0 heterocycles. The molecule has 5 heteroatoms. The largest absolute Gasteiger partial charge is 0.507 e. The first-order valence-electron chi connectivity index (χ1n) is 6.84. The Morgan fingerprint density at radius 3 is 2.60 bits per heavy atom. The second-order valence-corrected chi connectivity index (χ2v) is 4.78. The van der Waals surface area contributed by atoms with Crippen LogP contribution in [0.25, 0.3) is 0 Å². The highest BCUT2D eigenvalue weighted by molar-refractivity contribution is 5.96. The lowest BCUT2D eigenvalue weighted by Crippen LogP contribution is -2.22. The lowest BCUT2D eigenvalue weighted by molar-refractivity contribution is -0.121. The zero-order chi connectivity index (χ0) is 15.0. The molecule has 1 amide bonds. The fraction of sp³-hybridized carbons (Fsp3) is 0.467. The molecule has 5 nitrogen and oxygen atoms in total. The summed E-state index contributed by atoms with van der Waals surface area (Å²) in [5.41, 5.74) is 6.44. The average Bonchev–Trinajstić information content (AvgIpc) is 2.41. The molecule has 0 atom stereocenters. The van der Waals surface area contributed by atoms with Crippen LogP contribution in [0.4, 0.5) is 0 Å². The molecule has 0 saturated heterocycles. The van der Waals surface area contributed by atoms with Crippen LogP contribution >= 0.6 is 0 Å². The number of rotatable bonds is 8. The molecule has 110 valence electrons. The van der Waals surface area contributed by atoms with Crippen LogP contribution in [0, 0.1) is 0 Å². The number of phenols is 1. The van der Waals surface area contributed by atoms with Crippen molar-refractivity contribution in [1.29, 1.82) is 0 Å². The molecule has 20 heavy (non-hydrogen) atoms. The summed E-state index contributed by atoms with van der Waals surface area (Å²) < 4.78 is 0. The summed E-state index contributed by atoms with van der Waals surface area (Å²) in [5, 5.41) is 12.5. The Morgan fingerprint density at radius 1 is 1.25 bits per heavy atom. The van der Waals surface area contributed by atoms with Gasteiger partial charge in [-0.15, -0.1) is 0 Å². The van der Waals surface area contributed by atoms with Gasteiger partial charge in [-0.3, -0.25) is 9.59 Å². The Kier molecular flexibility index (Phi) is 6.73. The maximum atomic E-state index is 11.6. The van der Waals surface area contributed by atoms with Crippen LogP contribution in [-0.4, -0.2) is 23.3 Å². The highest BCUT2D eigenvalue weighted by Gasteiger charge is 2.07. The molecule has 0 aliphatic heterocycles. The third kappa shape index (κ3) is 5.40. The first-order valence-corrected chi connectivity index (χ1v) is 6.84. The predicted molar refractivity (Wildman–Crippen MR) is 77.5 cm³/mol. The lowest BCUT2D eigenvalue weighted by Gasteiger charge is -2.07. The molecule has 0 spiro atoms. The van der Waals surface area contributed by atoms with Gasteiger partial charge in [0.25, 0.3) is 0 Å². The summed E-state index contributed by atoms with van der Waals surface area (Å²) in [6.07, 6.45) is 3.21. The minimum atomic E-state index is -0.182. The van der Waals surface area contributed by atoms with Gasteiger partial charge in [0.15, 0.2) is 5.78 Å². The van der Waals surface area contributed by atoms with Gasteiger partial charge >= 0.3 is 0 Å². The van der Waals surface area contributed by atoms with Gasteiger partial charge in [-0.05, 0) is 44.0 Å². The molecule has 0 aliphatic carbocycles. The van der Waals surface area contributed by atoms with Gasteiger partial charge in [-0.2, -0.15) is 0 Å². The third-order valence-corrected chi connectivity index (χ3v) is 3.04. The fourth-order valence-corrected chi connectivity index (χ4v) is 1.88. The van der Waals surface area contributed by atoms with Gasteiger partial charge in [0.1, 0.15) is 5.75 Å². The van der Waals surface area contributed by atoms with Crippen LogP contribution in [0.3, 0.4) is 0 Å². The lowest BCUT2D eigenvalue weighted by atomic mass is 10.1. The van der Waals surface area contributed by atoms with Crippen LogP contribution < -0.4 is 11.1 Å². The molecule has 0 unspecified atom stereocenters. The van der Waals surface area contributed by atoms with Crippen molar-refractivity contribution < 1.29 is 14.7 Å². The zero-order valence-electron chi connectivity index (χ0n) is 11.8. The first kappa shape index (κ1) is 16.2. The molecule has 0 radical (unpaired) electrons. The fourth-order valence-electron chi connectivity index (χ4n) is 1.88. The number of aromatic hydroxyl groups is 1. The Bertz CT molecular complexity index is 472. The first-order chi connectivity index (χ1) is 9.54. The number of unbranched alkanes of at least 4 members (excludes halogenated alkanes) is 2. The smallest absolute Gasteiger partial charge is 0.220 e. The van der Waals surface area contributed by atoms with Crippen LogP contribution in [0.1, 0.15) is 48.5 Å². The number of hydrogen-bond donors (Lipinski definition) is 3. The standard InChI is InChI=1S/C15H22N2O3/c1-11(18)13-7-6-12(9-14(13)19)10-17-15(20)5-3-2-4-8-16/h6-7,9,19H,2-5,8,10,16H2,1H3,(H,17,20). The van der Waals surface area contributed by atoms with Gasteiger partial charge in [0.05, 0.1) is 5.56 Å². The van der Waals surface area contributed by atoms with Gasteiger partial charge in [0, 0.05) is 13.0 Å². The van der Waals surface area contributed by atoms with E-state index in [9.17, 15) is 14.7 Å². The van der Waals surface area contributed by atoms with Crippen LogP contribution in [0.2, 0.25) is 0 Å². The molecule has 4 N–H and O–H groups in total. The van der Waals surface area contributed by atoms with Crippen molar-refractivity contribution in [3.05, 3.63) is 29.3 Å². The molecule has 0 saturated carbocycles. The third-order valence-electron chi connectivity index (χ3n) is 3.04. The van der Waals surface area contributed by atoms with Crippen molar-refractivity contribution in [1.82, 2.24) is 5.32 Å². The van der Waals surface area contributed by atoms with E-state index >= 15 is 0 Å². The number of benzene rings is 1. The van der Waals surface area contributed by atoms with Crippen LogP contribution in [-0.2, 0) is 11.3 Å². The van der Waals surface area contributed by atoms with Crippen molar-refractivity contribution in [2.24, 2.45) is 5.73 Å². The molecule has 1 rings (SSSR count). The Morgan fingerprint density at radius 2 is 2.00 bits per heavy atom. The summed E-state index contributed by atoms with van der Waals surface area (Å²) in [6, 6.07) is 4.80. The van der Waals surface area contributed by atoms with E-state index in [0.29, 0.717) is 25.1 Å². The molecule has 0 aromatic heterocycles. The highest BCUT2D eigenvalue weighted by Crippen LogP contribution is 2.19. The molecule has 1 aromatic carbocycles. The topological polar surface area (TPSA) is 92.4 Å². The van der Waals surface area contributed by atoms with Gasteiger partial charge in [-0.25, -0.2) is 0 Å². The van der Waals surface area contributed by atoms with Crippen molar-refractivity contribution in [2.75, 3.05) is 6.54 Å². The number of carbonyl (C=O) groups is 2. The minimum Gasteiger partial charge on any atom is -0.507 e. The maximum Gasteiger partial charge on any atom is 0.220 e. The minimum absolute atomic E-state index is 0.0165. The summed E-state index contributed by atoms with van der Waals surface area (Å²) >= 11 is 0. The average molecular weight is 278 g/mol. The number of amides is 1. The van der Waals surface area contributed by atoms with Crippen LogP contribution in [0.5, 0.6) is 5.75 Å². The summed E-state index contributed by atoms with van der Waals surface area (Å²) in [4.78, 5) is 22.8. The predicted octanol–water partition coefficient (Wildman–Crippen LogP) is 1.73. The number of carbonyl (C=O) groups excluding carboxylic acids is 2. The van der Waals surface area contributed by atoms with E-state index in [1.165, 1.54) is 13.0 Å². The van der Waals surface area contributed by atoms with Gasteiger partial charge in [0.2, 0.25) is 5.91 Å². The monoisotopic (exact) mass is 278 g/mol. The maximum absolute atomic E-state index is 11.6. The summed E-state index contributed by atoms with van der Waals surface area (Å²) in [6.45, 7) is 2.41. The van der Waals surface area contributed by atoms with Crippen LogP contribution in [0.15, 0.2) is 18.2 Å². The molecule has 0 bridgehead atoms. The van der Waals surface area contributed by atoms with E-state index in [1.807, 2.05) is 0 Å². The van der Waals surface area contributed by atoms with E-state index < -0.39 is 0 Å². The second-order valence-electron chi connectivity index (χ2n) is 4.78. The molecule has 0 fully saturated rings. The second kappa shape index (κ2) is 8.32. The van der Waals surface area contributed by atoms with E-state index in [-0.39, 0.29) is 17.4 Å².